The predicted octanol–water partition coefficient (Wildman–Crippen LogP) is 3.67. The van der Waals surface area contributed by atoms with Gasteiger partial charge in [-0.1, -0.05) is 24.3 Å². The fourth-order valence-electron chi connectivity index (χ4n) is 3.26. The molecule has 0 aliphatic carbocycles. The molecule has 3 N–H and O–H groups in total. The van der Waals surface area contributed by atoms with Gasteiger partial charge in [0.15, 0.2) is 0 Å². The maximum absolute atomic E-state index is 12.2. The number of hydrogen-bond donors (Lipinski definition) is 2. The van der Waals surface area contributed by atoms with Gasteiger partial charge in [-0.2, -0.15) is 0 Å². The number of carbonyl (C=O) groups is 3. The normalized spacial score (nSPS) is 13.4. The third-order valence-electron chi connectivity index (χ3n) is 5.05. The average molecular weight is 539 g/mol. The maximum atomic E-state index is 12.2. The van der Waals surface area contributed by atoms with Gasteiger partial charge in [0.05, 0.1) is 38.6 Å². The van der Waals surface area contributed by atoms with Crippen molar-refractivity contribution in [3.05, 3.63) is 35.4 Å². The summed E-state index contributed by atoms with van der Waals surface area (Å²) in [5.74, 6) is -0.836. The van der Waals surface area contributed by atoms with Crippen molar-refractivity contribution in [3.63, 3.8) is 0 Å². The molecule has 0 aliphatic rings. The Morgan fingerprint density at radius 1 is 0.868 bits per heavy atom. The second-order valence-corrected chi connectivity index (χ2v) is 11.1. The van der Waals surface area contributed by atoms with Crippen LogP contribution in [0.5, 0.6) is 0 Å². The van der Waals surface area contributed by atoms with Crippen LogP contribution in [0, 0.1) is 0 Å². The van der Waals surface area contributed by atoms with E-state index in [0.29, 0.717) is 32.8 Å². The first-order valence-corrected chi connectivity index (χ1v) is 13.0. The summed E-state index contributed by atoms with van der Waals surface area (Å²) < 4.78 is 27.3. The number of primary amides is 1. The summed E-state index contributed by atoms with van der Waals surface area (Å²) in [4.78, 5) is 35.1. The van der Waals surface area contributed by atoms with E-state index < -0.39 is 35.2 Å². The molecule has 0 saturated carbocycles. The number of ether oxygens (including phenoxy) is 5. The summed E-state index contributed by atoms with van der Waals surface area (Å²) in [7, 11) is 0. The van der Waals surface area contributed by atoms with Crippen LogP contribution in [-0.2, 0) is 46.3 Å². The molecule has 1 rings (SSSR count). The highest BCUT2D eigenvalue weighted by Crippen LogP contribution is 2.14. The Kier molecular flexibility index (Phi) is 14.3. The SMILES string of the molecule is C[C@@H](OCc1ccc(CCOCCOCC(=O)OC(C)(C)C)cc1)[C@H](CCC(N)=O)NC(=O)OC(C)(C)C. The Morgan fingerprint density at radius 2 is 1.45 bits per heavy atom. The van der Waals surface area contributed by atoms with E-state index in [1.165, 1.54) is 0 Å². The van der Waals surface area contributed by atoms with E-state index in [0.717, 1.165) is 17.5 Å². The summed E-state index contributed by atoms with van der Waals surface area (Å²) in [5, 5.41) is 2.79. The molecule has 10 heteroatoms. The van der Waals surface area contributed by atoms with E-state index >= 15 is 0 Å². The molecule has 0 saturated heterocycles. The van der Waals surface area contributed by atoms with Gasteiger partial charge in [-0.15, -0.1) is 0 Å². The van der Waals surface area contributed by atoms with Gasteiger partial charge in [-0.25, -0.2) is 9.59 Å². The lowest BCUT2D eigenvalue weighted by Gasteiger charge is -2.27. The number of benzene rings is 1. The topological polar surface area (TPSA) is 135 Å². The van der Waals surface area contributed by atoms with Gasteiger partial charge in [0.2, 0.25) is 5.91 Å². The van der Waals surface area contributed by atoms with E-state index in [1.807, 2.05) is 52.0 Å². The number of esters is 1. The molecule has 2 amide bonds. The molecule has 10 nitrogen and oxygen atoms in total. The lowest BCUT2D eigenvalue weighted by Crippen LogP contribution is -2.45. The molecule has 0 fully saturated rings. The zero-order valence-electron chi connectivity index (χ0n) is 24.0. The second kappa shape index (κ2) is 16.3. The molecular weight excluding hydrogens is 492 g/mol. The summed E-state index contributed by atoms with van der Waals surface area (Å²) >= 11 is 0. The predicted molar refractivity (Wildman–Crippen MR) is 143 cm³/mol. The lowest BCUT2D eigenvalue weighted by molar-refractivity contribution is -0.160. The van der Waals surface area contributed by atoms with Crippen molar-refractivity contribution < 1.29 is 38.1 Å². The molecule has 38 heavy (non-hydrogen) atoms. The van der Waals surface area contributed by atoms with Gasteiger partial charge in [0.25, 0.3) is 0 Å². The van der Waals surface area contributed by atoms with E-state index in [9.17, 15) is 14.4 Å². The minimum absolute atomic E-state index is 0.0915. The van der Waals surface area contributed by atoms with Crippen LogP contribution in [0.3, 0.4) is 0 Å². The van der Waals surface area contributed by atoms with Crippen LogP contribution in [0.1, 0.15) is 72.4 Å². The standard InChI is InChI=1S/C28H46N2O8/c1-20(23(12-13-24(29)31)30-26(33)38-28(5,6)7)36-18-22-10-8-21(9-11-22)14-15-34-16-17-35-19-25(32)37-27(2,3)4/h8-11,20,23H,12-19H2,1-7H3,(H2,29,31)(H,30,33)/t20-,23+/m1/s1. The van der Waals surface area contributed by atoms with E-state index in [1.54, 1.807) is 20.8 Å². The monoisotopic (exact) mass is 538 g/mol. The lowest BCUT2D eigenvalue weighted by atomic mass is 10.1. The molecule has 1 aromatic carbocycles. The van der Waals surface area contributed by atoms with Crippen molar-refractivity contribution in [2.75, 3.05) is 26.4 Å². The highest BCUT2D eigenvalue weighted by atomic mass is 16.6. The van der Waals surface area contributed by atoms with Crippen LogP contribution in [0.15, 0.2) is 24.3 Å². The fourth-order valence-corrected chi connectivity index (χ4v) is 3.26. The first-order chi connectivity index (χ1) is 17.6. The largest absolute Gasteiger partial charge is 0.458 e. The molecule has 0 radical (unpaired) electrons. The van der Waals surface area contributed by atoms with Crippen LogP contribution in [-0.4, -0.2) is 67.7 Å². The van der Waals surface area contributed by atoms with E-state index in [4.69, 9.17) is 29.4 Å². The highest BCUT2D eigenvalue weighted by Gasteiger charge is 2.24. The van der Waals surface area contributed by atoms with Crippen LogP contribution in [0.4, 0.5) is 4.79 Å². The van der Waals surface area contributed by atoms with Gasteiger partial charge >= 0.3 is 12.1 Å². The molecule has 1 aromatic rings. The van der Waals surface area contributed by atoms with Crippen LogP contribution >= 0.6 is 0 Å². The smallest absolute Gasteiger partial charge is 0.407 e. The average Bonchev–Trinajstić information content (AvgIpc) is 2.77. The van der Waals surface area contributed by atoms with Crippen LogP contribution < -0.4 is 11.1 Å². The summed E-state index contributed by atoms with van der Waals surface area (Å²) in [6.45, 7) is 14.1. The highest BCUT2D eigenvalue weighted by molar-refractivity contribution is 5.74. The Morgan fingerprint density at radius 3 is 2.03 bits per heavy atom. The molecule has 216 valence electrons. The minimum Gasteiger partial charge on any atom is -0.458 e. The molecule has 0 unspecified atom stereocenters. The third kappa shape index (κ3) is 16.9. The summed E-state index contributed by atoms with van der Waals surface area (Å²) in [5.41, 5.74) is 6.22. The van der Waals surface area contributed by atoms with E-state index in [2.05, 4.69) is 5.32 Å². The minimum atomic E-state index is -0.634. The van der Waals surface area contributed by atoms with Gasteiger partial charge in [-0.05, 0) is 72.4 Å². The molecular formula is C28H46N2O8. The number of amides is 2. The number of hydrogen-bond acceptors (Lipinski definition) is 8. The summed E-state index contributed by atoms with van der Waals surface area (Å²) in [6, 6.07) is 7.55. The number of nitrogens with two attached hydrogens (primary N) is 1. The fraction of sp³-hybridized carbons (Fsp3) is 0.679. The summed E-state index contributed by atoms with van der Waals surface area (Å²) in [6.07, 6.45) is 0.274. The molecule has 2 atom stereocenters. The molecule has 0 aliphatic heterocycles. The van der Waals surface area contributed by atoms with Gasteiger partial charge < -0.3 is 34.7 Å². The van der Waals surface area contributed by atoms with Crippen LogP contribution in [0.2, 0.25) is 0 Å². The van der Waals surface area contributed by atoms with Crippen molar-refractivity contribution in [3.8, 4) is 0 Å². The third-order valence-corrected chi connectivity index (χ3v) is 5.05. The van der Waals surface area contributed by atoms with Crippen molar-refractivity contribution in [1.29, 1.82) is 0 Å². The van der Waals surface area contributed by atoms with Gasteiger partial charge in [-0.3, -0.25) is 4.79 Å². The zero-order valence-corrected chi connectivity index (χ0v) is 24.0. The van der Waals surface area contributed by atoms with Crippen molar-refractivity contribution in [2.45, 2.75) is 97.7 Å². The Labute approximate surface area is 226 Å². The van der Waals surface area contributed by atoms with Crippen LogP contribution in [0.25, 0.3) is 0 Å². The number of alkyl carbamates (subject to hydrolysis) is 1. The van der Waals surface area contributed by atoms with E-state index in [-0.39, 0.29) is 19.1 Å². The van der Waals surface area contributed by atoms with Crippen molar-refractivity contribution in [1.82, 2.24) is 5.32 Å². The number of nitrogens with one attached hydrogen (secondary N) is 1. The molecule has 0 spiro atoms. The number of carbonyl (C=O) groups excluding carboxylic acids is 3. The molecule has 0 bridgehead atoms. The molecule has 0 aromatic heterocycles. The van der Waals surface area contributed by atoms with Gasteiger partial charge in [0, 0.05) is 6.42 Å². The number of rotatable bonds is 16. The van der Waals surface area contributed by atoms with Gasteiger partial charge in [0.1, 0.15) is 17.8 Å². The Bertz CT molecular complexity index is 859. The Balaban J connectivity index is 2.38. The zero-order chi connectivity index (χ0) is 28.8. The first kappa shape index (κ1) is 33.3. The quantitative estimate of drug-likeness (QED) is 0.240. The van der Waals surface area contributed by atoms with Crippen molar-refractivity contribution in [2.24, 2.45) is 5.73 Å². The van der Waals surface area contributed by atoms with Crippen molar-refractivity contribution >= 4 is 18.0 Å². The Hall–Kier alpha value is -2.69. The second-order valence-electron chi connectivity index (χ2n) is 11.1. The molecule has 0 heterocycles. The maximum Gasteiger partial charge on any atom is 0.407 e. The first-order valence-electron chi connectivity index (χ1n) is 13.0.